The van der Waals surface area contributed by atoms with E-state index in [1.807, 2.05) is 53.4 Å². The molecule has 0 bridgehead atoms. The van der Waals surface area contributed by atoms with Crippen molar-refractivity contribution in [2.75, 3.05) is 39.3 Å². The molecule has 130 valence electrons. The molecule has 0 atom stereocenters. The normalized spacial score (nSPS) is 15.4. The molecule has 0 saturated carbocycles. The van der Waals surface area contributed by atoms with Crippen molar-refractivity contribution >= 4 is 12.0 Å². The summed E-state index contributed by atoms with van der Waals surface area (Å²) in [6, 6.07) is 19.8. The van der Waals surface area contributed by atoms with E-state index in [2.05, 4.69) is 29.2 Å². The Labute approximate surface area is 149 Å². The lowest BCUT2D eigenvalue weighted by atomic mass is 10.2. The fourth-order valence-corrected chi connectivity index (χ4v) is 2.83. The van der Waals surface area contributed by atoms with E-state index in [0.29, 0.717) is 0 Å². The van der Waals surface area contributed by atoms with Crippen molar-refractivity contribution in [3.8, 4) is 5.75 Å². The van der Waals surface area contributed by atoms with Crippen molar-refractivity contribution in [1.29, 1.82) is 0 Å². The van der Waals surface area contributed by atoms with Gasteiger partial charge in [-0.15, -0.1) is 0 Å². The van der Waals surface area contributed by atoms with Crippen LogP contribution in [0.2, 0.25) is 0 Å². The molecule has 0 aliphatic carbocycles. The molecule has 0 spiro atoms. The second-order valence-corrected chi connectivity index (χ2v) is 6.10. The van der Waals surface area contributed by atoms with Crippen LogP contribution in [0, 0.1) is 0 Å². The minimum absolute atomic E-state index is 0.0586. The lowest BCUT2D eigenvalue weighted by Gasteiger charge is -2.34. The minimum Gasteiger partial charge on any atom is -0.484 e. The predicted octanol–water partition coefficient (Wildman–Crippen LogP) is 2.92. The number of carbonyl (C=O) groups is 1. The fourth-order valence-electron chi connectivity index (χ4n) is 2.83. The van der Waals surface area contributed by atoms with Crippen molar-refractivity contribution < 1.29 is 9.53 Å². The van der Waals surface area contributed by atoms with Crippen LogP contribution >= 0.6 is 0 Å². The van der Waals surface area contributed by atoms with Crippen molar-refractivity contribution in [2.24, 2.45) is 0 Å². The van der Waals surface area contributed by atoms with Gasteiger partial charge in [0.15, 0.2) is 6.61 Å². The molecule has 1 heterocycles. The lowest BCUT2D eigenvalue weighted by Crippen LogP contribution is -2.49. The Hall–Kier alpha value is -2.59. The fraction of sp³-hybridized carbons (Fsp3) is 0.286. The third-order valence-corrected chi connectivity index (χ3v) is 4.30. The first kappa shape index (κ1) is 17.2. The van der Waals surface area contributed by atoms with Gasteiger partial charge in [-0.05, 0) is 17.7 Å². The van der Waals surface area contributed by atoms with Gasteiger partial charge >= 0.3 is 0 Å². The summed E-state index contributed by atoms with van der Waals surface area (Å²) in [4.78, 5) is 16.5. The summed E-state index contributed by atoms with van der Waals surface area (Å²) in [5, 5.41) is 0. The summed E-state index contributed by atoms with van der Waals surface area (Å²) in [6.07, 6.45) is 4.33. The highest BCUT2D eigenvalue weighted by molar-refractivity contribution is 5.77. The van der Waals surface area contributed by atoms with E-state index in [-0.39, 0.29) is 12.5 Å². The molecule has 4 heteroatoms. The second-order valence-electron chi connectivity index (χ2n) is 6.10. The highest BCUT2D eigenvalue weighted by Gasteiger charge is 2.20. The Morgan fingerprint density at radius 1 is 0.920 bits per heavy atom. The number of para-hydroxylation sites is 1. The van der Waals surface area contributed by atoms with Gasteiger partial charge in [0.05, 0.1) is 0 Å². The number of amides is 1. The first-order valence-electron chi connectivity index (χ1n) is 8.71. The van der Waals surface area contributed by atoms with Crippen molar-refractivity contribution in [3.63, 3.8) is 0 Å². The maximum absolute atomic E-state index is 12.2. The van der Waals surface area contributed by atoms with E-state index < -0.39 is 0 Å². The summed E-state index contributed by atoms with van der Waals surface area (Å²) in [5.74, 6) is 0.795. The Kier molecular flexibility index (Phi) is 6.23. The van der Waals surface area contributed by atoms with Crippen LogP contribution in [0.15, 0.2) is 66.7 Å². The van der Waals surface area contributed by atoms with Crippen molar-refractivity contribution in [2.45, 2.75) is 0 Å². The maximum atomic E-state index is 12.2. The number of hydrogen-bond donors (Lipinski definition) is 0. The van der Waals surface area contributed by atoms with E-state index in [1.165, 1.54) is 5.56 Å². The van der Waals surface area contributed by atoms with Crippen LogP contribution in [0.25, 0.3) is 6.08 Å². The number of hydrogen-bond acceptors (Lipinski definition) is 3. The van der Waals surface area contributed by atoms with Gasteiger partial charge in [-0.3, -0.25) is 9.69 Å². The largest absolute Gasteiger partial charge is 0.484 e. The zero-order chi connectivity index (χ0) is 17.3. The number of piperazine rings is 1. The maximum Gasteiger partial charge on any atom is 0.260 e. The molecule has 0 radical (unpaired) electrons. The summed E-state index contributed by atoms with van der Waals surface area (Å²) >= 11 is 0. The highest BCUT2D eigenvalue weighted by atomic mass is 16.5. The monoisotopic (exact) mass is 336 g/mol. The van der Waals surface area contributed by atoms with E-state index in [9.17, 15) is 4.79 Å². The van der Waals surface area contributed by atoms with Gasteiger partial charge in [-0.1, -0.05) is 60.7 Å². The Morgan fingerprint density at radius 2 is 1.56 bits per heavy atom. The molecule has 3 rings (SSSR count). The van der Waals surface area contributed by atoms with Gasteiger partial charge in [0.25, 0.3) is 5.91 Å². The number of nitrogens with zero attached hydrogens (tertiary/aromatic N) is 2. The molecule has 1 aliphatic rings. The zero-order valence-corrected chi connectivity index (χ0v) is 14.4. The number of rotatable bonds is 6. The molecule has 4 nitrogen and oxygen atoms in total. The van der Waals surface area contributed by atoms with E-state index in [4.69, 9.17) is 4.74 Å². The molecular weight excluding hydrogens is 312 g/mol. The van der Waals surface area contributed by atoms with Crippen LogP contribution in [0.1, 0.15) is 5.56 Å². The molecule has 1 amide bonds. The van der Waals surface area contributed by atoms with E-state index in [0.717, 1.165) is 38.5 Å². The average molecular weight is 336 g/mol. The smallest absolute Gasteiger partial charge is 0.260 e. The van der Waals surface area contributed by atoms with Crippen LogP contribution in [-0.2, 0) is 4.79 Å². The number of carbonyl (C=O) groups excluding carboxylic acids is 1. The molecule has 0 unspecified atom stereocenters. The number of ether oxygens (including phenoxy) is 1. The van der Waals surface area contributed by atoms with Gasteiger partial charge in [0.1, 0.15) is 5.75 Å². The molecular formula is C21H24N2O2. The summed E-state index contributed by atoms with van der Waals surface area (Å²) < 4.78 is 5.55. The van der Waals surface area contributed by atoms with E-state index >= 15 is 0 Å². The average Bonchev–Trinajstić information content (AvgIpc) is 2.68. The summed E-state index contributed by atoms with van der Waals surface area (Å²) in [6.45, 7) is 4.34. The molecule has 1 saturated heterocycles. The number of benzene rings is 2. The summed E-state index contributed by atoms with van der Waals surface area (Å²) in [5.41, 5.74) is 1.22. The van der Waals surface area contributed by atoms with Crippen LogP contribution in [0.3, 0.4) is 0 Å². The first-order chi connectivity index (χ1) is 12.3. The standard InChI is InChI=1S/C21H24N2O2/c24-21(18-25-20-11-5-2-6-12-20)23-16-14-22(15-17-23)13-7-10-19-8-3-1-4-9-19/h1-12H,13-18H2. The first-order valence-corrected chi connectivity index (χ1v) is 8.71. The molecule has 25 heavy (non-hydrogen) atoms. The van der Waals surface area contributed by atoms with Gasteiger partial charge in [0.2, 0.25) is 0 Å². The Balaban J connectivity index is 1.38. The molecule has 1 aliphatic heterocycles. The summed E-state index contributed by atoms with van der Waals surface area (Å²) in [7, 11) is 0. The van der Waals surface area contributed by atoms with Gasteiger partial charge in [-0.25, -0.2) is 0 Å². The predicted molar refractivity (Wildman–Crippen MR) is 100 cm³/mol. The van der Waals surface area contributed by atoms with Gasteiger partial charge in [-0.2, -0.15) is 0 Å². The van der Waals surface area contributed by atoms with E-state index in [1.54, 1.807) is 0 Å². The van der Waals surface area contributed by atoms with Crippen LogP contribution in [-0.4, -0.2) is 55.0 Å². The molecule has 2 aromatic carbocycles. The van der Waals surface area contributed by atoms with Crippen molar-refractivity contribution in [1.82, 2.24) is 9.80 Å². The third-order valence-electron chi connectivity index (χ3n) is 4.30. The SMILES string of the molecule is O=C(COc1ccccc1)N1CCN(CC=Cc2ccccc2)CC1. The third kappa shape index (κ3) is 5.47. The Morgan fingerprint density at radius 3 is 2.24 bits per heavy atom. The minimum atomic E-state index is 0.0586. The lowest BCUT2D eigenvalue weighted by molar-refractivity contribution is -0.135. The van der Waals surface area contributed by atoms with Gasteiger partial charge < -0.3 is 9.64 Å². The second kappa shape index (κ2) is 9.04. The highest BCUT2D eigenvalue weighted by Crippen LogP contribution is 2.09. The molecule has 0 aromatic heterocycles. The molecule has 2 aromatic rings. The van der Waals surface area contributed by atoms with Crippen LogP contribution in [0.5, 0.6) is 5.75 Å². The Bertz CT molecular complexity index is 678. The topological polar surface area (TPSA) is 32.8 Å². The van der Waals surface area contributed by atoms with Crippen LogP contribution in [0.4, 0.5) is 0 Å². The van der Waals surface area contributed by atoms with Crippen LogP contribution < -0.4 is 4.74 Å². The zero-order valence-electron chi connectivity index (χ0n) is 14.4. The van der Waals surface area contributed by atoms with Gasteiger partial charge in [0, 0.05) is 32.7 Å². The molecule has 0 N–H and O–H groups in total. The van der Waals surface area contributed by atoms with Crippen molar-refractivity contribution in [3.05, 3.63) is 72.3 Å². The molecule has 1 fully saturated rings. The quantitative estimate of drug-likeness (QED) is 0.813.